The zero-order valence-corrected chi connectivity index (χ0v) is 3.26. The van der Waals surface area contributed by atoms with Crippen LogP contribution in [0.2, 0.25) is 0 Å². The molecule has 0 rings (SSSR count). The van der Waals surface area contributed by atoms with E-state index >= 15 is 0 Å². The van der Waals surface area contributed by atoms with Crippen LogP contribution in [-0.4, -0.2) is 18.1 Å². The van der Waals surface area contributed by atoms with Gasteiger partial charge in [-0.2, -0.15) is 4.89 Å². The van der Waals surface area contributed by atoms with Gasteiger partial charge in [0.2, 0.25) is 0 Å². The lowest BCUT2D eigenvalue weighted by Crippen LogP contribution is -1.97. The minimum Gasteiger partial charge on any atom is -0.367 e. The van der Waals surface area contributed by atoms with Gasteiger partial charge < -0.3 is 5.11 Å². The van der Waals surface area contributed by atoms with E-state index in [1.165, 1.54) is 0 Å². The van der Waals surface area contributed by atoms with Gasteiger partial charge in [-0.15, -0.1) is 4.39 Å². The topological polar surface area (TPSA) is 55.8 Å². The maximum absolute atomic E-state index is 10.8. The molecule has 0 spiro atoms. The molecular weight excluding hydrogens is 107 g/mol. The van der Waals surface area contributed by atoms with Crippen LogP contribution >= 0.6 is 0 Å². The Morgan fingerprint density at radius 1 is 1.86 bits per heavy atom. The molecule has 0 radical (unpaired) electrons. The maximum Gasteiger partial charge on any atom is 0.527 e. The number of halogens is 1. The second-order valence-corrected chi connectivity index (χ2v) is 0.568. The van der Waals surface area contributed by atoms with Gasteiger partial charge in [0.1, 0.15) is 0 Å². The van der Waals surface area contributed by atoms with Crippen molar-refractivity contribution in [3.8, 4) is 0 Å². The zero-order valence-electron chi connectivity index (χ0n) is 3.26. The number of aliphatic hydroxyl groups is 1. The van der Waals surface area contributed by atoms with Crippen LogP contribution in [0.3, 0.4) is 0 Å². The molecule has 0 aliphatic heterocycles. The molecule has 0 bridgehead atoms. The second-order valence-electron chi connectivity index (χ2n) is 0.568. The lowest BCUT2D eigenvalue weighted by molar-refractivity contribution is -0.284. The van der Waals surface area contributed by atoms with Gasteiger partial charge in [0, 0.05) is 0 Å². The fourth-order valence-electron chi connectivity index (χ4n) is 0.0727. The minimum atomic E-state index is -2.07. The molecule has 1 N–H and O–H groups in total. The molecule has 7 heavy (non-hydrogen) atoms. The minimum absolute atomic E-state index is 0.838. The van der Waals surface area contributed by atoms with E-state index in [1.54, 1.807) is 0 Å². The Labute approximate surface area is 38.4 Å². The van der Waals surface area contributed by atoms with Gasteiger partial charge in [0.25, 0.3) is 0 Å². The Morgan fingerprint density at radius 3 is 2.57 bits per heavy atom. The van der Waals surface area contributed by atoms with E-state index in [0.29, 0.717) is 0 Å². The average Bonchev–Trinajstić information content (AvgIpc) is 1.61. The number of aliphatic hydroxyl groups excluding tert-OH is 1. The summed E-state index contributed by atoms with van der Waals surface area (Å²) in [4.78, 5) is 15.6. The molecule has 5 heteroatoms. The molecule has 0 aromatic rings. The van der Waals surface area contributed by atoms with Crippen molar-refractivity contribution in [2.45, 2.75) is 0 Å². The van der Waals surface area contributed by atoms with E-state index < -0.39 is 13.0 Å². The predicted molar refractivity (Wildman–Crippen MR) is 15.8 cm³/mol. The molecule has 0 atom stereocenters. The highest BCUT2D eigenvalue weighted by Crippen LogP contribution is 1.80. The summed E-state index contributed by atoms with van der Waals surface area (Å²) in [5, 5.41) is 7.65. The summed E-state index contributed by atoms with van der Waals surface area (Å²) in [5.41, 5.74) is 0. The first-order valence-corrected chi connectivity index (χ1v) is 1.37. The molecule has 42 valence electrons. The van der Waals surface area contributed by atoms with E-state index in [4.69, 9.17) is 9.90 Å². The first kappa shape index (κ1) is 6.32. The van der Waals surface area contributed by atoms with E-state index in [9.17, 15) is 4.39 Å². The lowest BCUT2D eigenvalue weighted by Gasteiger charge is -1.88. The Hall–Kier alpha value is -0.680. The summed E-state index contributed by atoms with van der Waals surface area (Å²) in [7, 11) is 0. The van der Waals surface area contributed by atoms with Crippen molar-refractivity contribution in [2.24, 2.45) is 0 Å². The molecule has 0 heterocycles. The number of hydrogen-bond acceptors (Lipinski definition) is 4. The van der Waals surface area contributed by atoms with Crippen LogP contribution in [0.25, 0.3) is 0 Å². The summed E-state index contributed by atoms with van der Waals surface area (Å²) in [6, 6.07) is 0. The first-order chi connectivity index (χ1) is 3.27. The molecule has 0 fully saturated rings. The highest BCUT2D eigenvalue weighted by molar-refractivity contribution is 5.56. The monoisotopic (exact) mass is 110 g/mol. The second kappa shape index (κ2) is 3.51. The summed E-state index contributed by atoms with van der Waals surface area (Å²) < 4.78 is 10.8. The van der Waals surface area contributed by atoms with E-state index in [1.807, 2.05) is 0 Å². The summed E-state index contributed by atoms with van der Waals surface area (Å²) >= 11 is 0. The Morgan fingerprint density at radius 2 is 2.43 bits per heavy atom. The molecule has 0 aliphatic rings. The molecule has 0 aromatic carbocycles. The highest BCUT2D eigenvalue weighted by atomic mass is 19.1. The molecule has 4 nitrogen and oxygen atoms in total. The predicted octanol–water partition coefficient (Wildman–Crippen LogP) is -0.0261. The SMILES string of the molecule is O=C(F)OOCO. The van der Waals surface area contributed by atoms with Crippen LogP contribution in [0.4, 0.5) is 9.18 Å². The fourth-order valence-corrected chi connectivity index (χ4v) is 0.0727. The summed E-state index contributed by atoms with van der Waals surface area (Å²) in [6.45, 7) is -0.838. The van der Waals surface area contributed by atoms with Crippen molar-refractivity contribution in [3.63, 3.8) is 0 Å². The fraction of sp³-hybridized carbons (Fsp3) is 0.500. The Kier molecular flexibility index (Phi) is 3.17. The molecule has 0 aliphatic carbocycles. The standard InChI is InChI=1S/C2H3FO4/c3-2(5)7-6-1-4/h4H,1H2. The molecule has 0 saturated carbocycles. The van der Waals surface area contributed by atoms with Crippen molar-refractivity contribution in [1.82, 2.24) is 0 Å². The van der Waals surface area contributed by atoms with Crippen LogP contribution in [-0.2, 0) is 9.78 Å². The van der Waals surface area contributed by atoms with E-state index in [2.05, 4.69) is 9.78 Å². The molecule has 0 amide bonds. The number of carbonyl (C=O) groups is 1. The van der Waals surface area contributed by atoms with Crippen LogP contribution in [0.15, 0.2) is 0 Å². The molecule has 0 unspecified atom stereocenters. The number of rotatable bonds is 2. The molecule has 0 aromatic heterocycles. The third-order valence-corrected chi connectivity index (χ3v) is 0.177. The smallest absolute Gasteiger partial charge is 0.367 e. The average molecular weight is 110 g/mol. The van der Waals surface area contributed by atoms with Gasteiger partial charge in [0.05, 0.1) is 0 Å². The zero-order chi connectivity index (χ0) is 5.70. The van der Waals surface area contributed by atoms with Gasteiger partial charge in [-0.1, -0.05) is 0 Å². The Balaban J connectivity index is 2.82. The third-order valence-electron chi connectivity index (χ3n) is 0.177. The summed E-state index contributed by atoms with van der Waals surface area (Å²) in [5.74, 6) is 0. The van der Waals surface area contributed by atoms with Crippen molar-refractivity contribution in [2.75, 3.05) is 6.79 Å². The number of hydrogen-bond donors (Lipinski definition) is 1. The number of carbonyl (C=O) groups excluding carboxylic acids is 1. The van der Waals surface area contributed by atoms with Crippen LogP contribution in [0, 0.1) is 0 Å². The van der Waals surface area contributed by atoms with E-state index in [0.717, 1.165) is 0 Å². The van der Waals surface area contributed by atoms with E-state index in [-0.39, 0.29) is 0 Å². The first-order valence-electron chi connectivity index (χ1n) is 1.37. The van der Waals surface area contributed by atoms with Crippen molar-refractivity contribution in [3.05, 3.63) is 0 Å². The van der Waals surface area contributed by atoms with Gasteiger partial charge >= 0.3 is 6.22 Å². The summed E-state index contributed by atoms with van der Waals surface area (Å²) in [6.07, 6.45) is -2.07. The highest BCUT2D eigenvalue weighted by Gasteiger charge is 1.94. The van der Waals surface area contributed by atoms with Crippen molar-refractivity contribution in [1.29, 1.82) is 0 Å². The van der Waals surface area contributed by atoms with Gasteiger partial charge in [-0.3, -0.25) is 4.89 Å². The maximum atomic E-state index is 10.8. The van der Waals surface area contributed by atoms with Gasteiger partial charge in [-0.05, 0) is 0 Å². The van der Waals surface area contributed by atoms with Crippen molar-refractivity contribution >= 4 is 6.22 Å². The molecular formula is C2H3FO4. The largest absolute Gasteiger partial charge is 0.527 e. The third kappa shape index (κ3) is 5.32. The van der Waals surface area contributed by atoms with Crippen LogP contribution in [0.5, 0.6) is 0 Å². The van der Waals surface area contributed by atoms with Crippen LogP contribution in [0.1, 0.15) is 0 Å². The van der Waals surface area contributed by atoms with Gasteiger partial charge in [-0.25, -0.2) is 4.79 Å². The van der Waals surface area contributed by atoms with Crippen molar-refractivity contribution < 1.29 is 24.1 Å². The lowest BCUT2D eigenvalue weighted by atomic mass is 11.5. The van der Waals surface area contributed by atoms with Gasteiger partial charge in [0.15, 0.2) is 6.79 Å². The van der Waals surface area contributed by atoms with Crippen LogP contribution < -0.4 is 0 Å². The molecule has 0 saturated heterocycles. The Bertz CT molecular complexity index is 62.7. The normalized spacial score (nSPS) is 8.29. The quantitative estimate of drug-likeness (QED) is 0.235.